The Morgan fingerprint density at radius 2 is 0.915 bits per heavy atom. The number of methoxy groups -OCH3 is 1. The Balaban J connectivity index is 1.83. The first-order chi connectivity index (χ1) is 22.4. The summed E-state index contributed by atoms with van der Waals surface area (Å²) in [7, 11) is 0.554. The van der Waals surface area contributed by atoms with E-state index in [0.29, 0.717) is 13.2 Å². The van der Waals surface area contributed by atoms with E-state index in [4.69, 9.17) is 14.2 Å². The Kier molecular flexibility index (Phi) is 10.5. The topological polar surface area (TPSA) is 27.7 Å². The number of hydrogen-bond acceptors (Lipinski definition) is 3. The van der Waals surface area contributed by atoms with Crippen molar-refractivity contribution < 1.29 is 14.2 Å². The van der Waals surface area contributed by atoms with E-state index < -0.39 is 7.92 Å². The summed E-state index contributed by atoms with van der Waals surface area (Å²) in [5, 5.41) is 3.47. The maximum atomic E-state index is 6.96. The first-order valence-electron chi connectivity index (χ1n) is 16.4. The number of ether oxygens (including phenoxy) is 3. The van der Waals surface area contributed by atoms with Crippen molar-refractivity contribution in [1.82, 2.24) is 0 Å². The molecule has 3 nitrogen and oxygen atoms in total. The molecule has 0 radical (unpaired) electrons. The second-order valence-corrected chi connectivity index (χ2v) is 16.5. The normalized spacial score (nSPS) is 11.9. The molecule has 0 fully saturated rings. The molecule has 0 aliphatic carbocycles. The lowest BCUT2D eigenvalue weighted by atomic mass is 9.85. The van der Waals surface area contributed by atoms with Gasteiger partial charge in [-0.05, 0) is 73.1 Å². The Morgan fingerprint density at radius 1 is 0.511 bits per heavy atom. The van der Waals surface area contributed by atoms with Crippen molar-refractivity contribution in [1.29, 1.82) is 0 Å². The second kappa shape index (κ2) is 14.4. The molecule has 0 aliphatic rings. The predicted molar refractivity (Wildman–Crippen MR) is 200 cm³/mol. The Morgan fingerprint density at radius 3 is 1.32 bits per heavy atom. The summed E-state index contributed by atoms with van der Waals surface area (Å²) >= 11 is 0. The molecule has 0 bridgehead atoms. The molecule has 0 spiro atoms. The van der Waals surface area contributed by atoms with Gasteiger partial charge in [-0.25, -0.2) is 0 Å². The van der Waals surface area contributed by atoms with Crippen LogP contribution in [0, 0.1) is 13.8 Å². The number of benzene rings is 5. The summed E-state index contributed by atoms with van der Waals surface area (Å²) in [6.07, 6.45) is 0. The monoisotopic (exact) mass is 644 g/mol. The number of aryl methyl sites for hydroxylation is 2. The Bertz CT molecular complexity index is 1690. The van der Waals surface area contributed by atoms with E-state index in [-0.39, 0.29) is 10.8 Å². The summed E-state index contributed by atoms with van der Waals surface area (Å²) in [4.78, 5) is 0. The lowest BCUT2D eigenvalue weighted by Crippen LogP contribution is -2.29. The minimum absolute atomic E-state index is 0.148. The molecular weight excluding hydrogens is 595 g/mol. The van der Waals surface area contributed by atoms with E-state index >= 15 is 0 Å². The van der Waals surface area contributed by atoms with Gasteiger partial charge in [0.2, 0.25) is 0 Å². The van der Waals surface area contributed by atoms with E-state index in [1.807, 2.05) is 18.2 Å². The van der Waals surface area contributed by atoms with Gasteiger partial charge in [-0.1, -0.05) is 133 Å². The molecule has 47 heavy (non-hydrogen) atoms. The standard InChI is InChI=1S/C43H49O3P/c1-30-24-34(42(3,4)5)40(45-28-32-18-12-10-13-19-32)38(26-30)47(37-23-17-16-22-36(37)44-9)39-27-31(2)25-35(43(6,7)8)41(39)46-29-33-20-14-11-15-21-33/h10-27H,28-29H2,1-9H3. The highest BCUT2D eigenvalue weighted by Gasteiger charge is 2.33. The Labute approximate surface area is 283 Å². The highest BCUT2D eigenvalue weighted by atomic mass is 31.1. The molecule has 0 atom stereocenters. The van der Waals surface area contributed by atoms with Crippen molar-refractivity contribution in [2.24, 2.45) is 0 Å². The fraction of sp³-hybridized carbons (Fsp3) is 0.302. The van der Waals surface area contributed by atoms with E-state index in [1.54, 1.807) is 7.11 Å². The molecule has 0 unspecified atom stereocenters. The van der Waals surface area contributed by atoms with E-state index in [1.165, 1.54) is 32.9 Å². The highest BCUT2D eigenvalue weighted by Crippen LogP contribution is 2.47. The summed E-state index contributed by atoms with van der Waals surface area (Å²) in [5.41, 5.74) is 6.78. The zero-order chi connectivity index (χ0) is 33.8. The maximum Gasteiger partial charge on any atom is 0.131 e. The van der Waals surface area contributed by atoms with Crippen LogP contribution in [-0.4, -0.2) is 7.11 Å². The summed E-state index contributed by atoms with van der Waals surface area (Å²) < 4.78 is 20.0. The van der Waals surface area contributed by atoms with Gasteiger partial charge in [-0.2, -0.15) is 0 Å². The molecule has 5 aromatic rings. The first-order valence-corrected chi connectivity index (χ1v) is 17.8. The lowest BCUT2D eigenvalue weighted by Gasteiger charge is -2.32. The molecule has 4 heteroatoms. The minimum atomic E-state index is -1.21. The summed E-state index contributed by atoms with van der Waals surface area (Å²) in [6.45, 7) is 19.0. The summed E-state index contributed by atoms with van der Waals surface area (Å²) in [5.74, 6) is 2.74. The van der Waals surface area contributed by atoms with Crippen molar-refractivity contribution >= 4 is 23.8 Å². The van der Waals surface area contributed by atoms with E-state index in [2.05, 4.69) is 146 Å². The van der Waals surface area contributed by atoms with Gasteiger partial charge in [-0.3, -0.25) is 0 Å². The number of hydrogen-bond donors (Lipinski definition) is 0. The average molecular weight is 645 g/mol. The average Bonchev–Trinajstić information content (AvgIpc) is 3.04. The van der Waals surface area contributed by atoms with Crippen LogP contribution in [0.3, 0.4) is 0 Å². The third-order valence-electron chi connectivity index (χ3n) is 8.30. The van der Waals surface area contributed by atoms with Crippen LogP contribution in [0.4, 0.5) is 0 Å². The molecule has 5 aromatic carbocycles. The van der Waals surface area contributed by atoms with Crippen molar-refractivity contribution in [2.45, 2.75) is 79.4 Å². The van der Waals surface area contributed by atoms with Gasteiger partial charge in [0, 0.05) is 27.0 Å². The van der Waals surface area contributed by atoms with Crippen molar-refractivity contribution in [3.8, 4) is 17.2 Å². The molecular formula is C43H49O3P. The third kappa shape index (κ3) is 8.09. The van der Waals surface area contributed by atoms with E-state index in [9.17, 15) is 0 Å². The zero-order valence-electron chi connectivity index (χ0n) is 29.5. The number of para-hydroxylation sites is 1. The van der Waals surface area contributed by atoms with Crippen LogP contribution < -0.4 is 30.1 Å². The van der Waals surface area contributed by atoms with Crippen LogP contribution in [0.25, 0.3) is 0 Å². The lowest BCUT2D eigenvalue weighted by molar-refractivity contribution is 0.299. The molecule has 0 heterocycles. The Hall–Kier alpha value is -4.07. The highest BCUT2D eigenvalue weighted by molar-refractivity contribution is 7.80. The van der Waals surface area contributed by atoms with Crippen LogP contribution in [0.15, 0.2) is 109 Å². The van der Waals surface area contributed by atoms with Crippen LogP contribution in [0.2, 0.25) is 0 Å². The molecule has 0 aromatic heterocycles. The van der Waals surface area contributed by atoms with Crippen LogP contribution in [0.1, 0.15) is 74.9 Å². The molecule has 0 saturated carbocycles. The third-order valence-corrected chi connectivity index (χ3v) is 10.8. The number of rotatable bonds is 10. The predicted octanol–water partition coefficient (Wildman–Crippen LogP) is 9.82. The second-order valence-electron chi connectivity index (χ2n) is 14.4. The fourth-order valence-corrected chi connectivity index (χ4v) is 8.76. The molecule has 0 aliphatic heterocycles. The van der Waals surface area contributed by atoms with Gasteiger partial charge < -0.3 is 14.2 Å². The SMILES string of the molecule is COc1ccccc1P(c1cc(C)cc(C(C)(C)C)c1OCc1ccccc1)c1cc(C)cc(C(C)(C)C)c1OCc1ccccc1. The minimum Gasteiger partial charge on any atom is -0.496 e. The van der Waals surface area contributed by atoms with Gasteiger partial charge in [0.05, 0.1) is 7.11 Å². The zero-order valence-corrected chi connectivity index (χ0v) is 30.4. The molecule has 0 saturated heterocycles. The van der Waals surface area contributed by atoms with Crippen LogP contribution >= 0.6 is 7.92 Å². The van der Waals surface area contributed by atoms with Gasteiger partial charge in [0.15, 0.2) is 0 Å². The van der Waals surface area contributed by atoms with Gasteiger partial charge in [-0.15, -0.1) is 0 Å². The van der Waals surface area contributed by atoms with Gasteiger partial charge >= 0.3 is 0 Å². The van der Waals surface area contributed by atoms with Crippen LogP contribution in [0.5, 0.6) is 17.2 Å². The van der Waals surface area contributed by atoms with Gasteiger partial charge in [0.25, 0.3) is 0 Å². The van der Waals surface area contributed by atoms with Crippen LogP contribution in [-0.2, 0) is 24.0 Å². The molecule has 244 valence electrons. The van der Waals surface area contributed by atoms with Gasteiger partial charge in [0.1, 0.15) is 30.5 Å². The largest absolute Gasteiger partial charge is 0.496 e. The van der Waals surface area contributed by atoms with Crippen molar-refractivity contribution in [3.05, 3.63) is 143 Å². The van der Waals surface area contributed by atoms with Crippen molar-refractivity contribution in [2.75, 3.05) is 7.11 Å². The first kappa shape index (κ1) is 34.3. The summed E-state index contributed by atoms with van der Waals surface area (Å²) in [6, 6.07) is 38.5. The smallest absolute Gasteiger partial charge is 0.131 e. The molecule has 0 amide bonds. The fourth-order valence-electron chi connectivity index (χ4n) is 5.92. The van der Waals surface area contributed by atoms with E-state index in [0.717, 1.165) is 33.7 Å². The molecule has 5 rings (SSSR count). The quantitative estimate of drug-likeness (QED) is 0.142. The molecule has 0 N–H and O–H groups in total. The van der Waals surface area contributed by atoms with Crippen molar-refractivity contribution in [3.63, 3.8) is 0 Å². The maximum absolute atomic E-state index is 6.96.